The van der Waals surface area contributed by atoms with Gasteiger partial charge in [0.2, 0.25) is 0 Å². The topological polar surface area (TPSA) is 27.7 Å². The lowest BCUT2D eigenvalue weighted by molar-refractivity contribution is -0.209. The van der Waals surface area contributed by atoms with Crippen LogP contribution in [-0.2, 0) is 15.9 Å². The van der Waals surface area contributed by atoms with Crippen molar-refractivity contribution >= 4 is 0 Å². The molecule has 28 heavy (non-hydrogen) atoms. The van der Waals surface area contributed by atoms with Gasteiger partial charge in [-0.3, -0.25) is 0 Å². The maximum atomic E-state index is 14.1. The molecule has 0 N–H and O–H groups in total. The molecule has 0 bridgehead atoms. The number of aryl methyl sites for hydroxylation is 1. The maximum absolute atomic E-state index is 14.1. The van der Waals surface area contributed by atoms with Crippen LogP contribution >= 0.6 is 0 Å². The fourth-order valence-corrected chi connectivity index (χ4v) is 2.93. The molecule has 0 aliphatic carbocycles. The molecule has 152 valence electrons. The molecule has 0 spiro atoms. The molecule has 2 aromatic carbocycles. The van der Waals surface area contributed by atoms with E-state index in [1.807, 2.05) is 6.92 Å². The summed E-state index contributed by atoms with van der Waals surface area (Å²) in [6.07, 6.45) is 0.256. The monoisotopic (exact) mass is 402 g/mol. The number of rotatable bonds is 6. The Bertz CT molecular complexity index is 789. The summed E-state index contributed by atoms with van der Waals surface area (Å²) >= 11 is 0. The van der Waals surface area contributed by atoms with Crippen LogP contribution in [-0.4, -0.2) is 19.8 Å². The third-order valence-corrected chi connectivity index (χ3v) is 4.31. The van der Waals surface area contributed by atoms with Gasteiger partial charge in [0.1, 0.15) is 0 Å². The van der Waals surface area contributed by atoms with Crippen LogP contribution in [0.15, 0.2) is 24.3 Å². The summed E-state index contributed by atoms with van der Waals surface area (Å²) < 4.78 is 83.8. The Morgan fingerprint density at radius 3 is 2.00 bits per heavy atom. The SMILES string of the molecule is CCCc1cc(F)c(OC[C@H]2CO[C@H](c3cc(F)c(F)c(F)c3)OC2)c(F)c1. The van der Waals surface area contributed by atoms with E-state index in [-0.39, 0.29) is 31.3 Å². The van der Waals surface area contributed by atoms with E-state index in [9.17, 15) is 22.0 Å². The van der Waals surface area contributed by atoms with E-state index >= 15 is 0 Å². The average molecular weight is 402 g/mol. The smallest absolute Gasteiger partial charge is 0.194 e. The molecule has 1 fully saturated rings. The Balaban J connectivity index is 1.57. The standard InChI is InChI=1S/C20H19F5O3/c1-2-3-11-4-16(23)19(17(24)5-11)26-8-12-9-27-20(28-10-12)13-6-14(21)18(25)15(22)7-13/h4-7,12,20H,2-3,8-10H2,1H3/t12-,20-. The minimum absolute atomic E-state index is 0.000583. The molecule has 0 unspecified atom stereocenters. The fourth-order valence-electron chi connectivity index (χ4n) is 2.93. The highest BCUT2D eigenvalue weighted by molar-refractivity contribution is 5.31. The van der Waals surface area contributed by atoms with Crippen molar-refractivity contribution in [3.63, 3.8) is 0 Å². The van der Waals surface area contributed by atoms with Gasteiger partial charge >= 0.3 is 0 Å². The lowest BCUT2D eigenvalue weighted by Gasteiger charge is -2.29. The molecule has 1 saturated heterocycles. The zero-order valence-electron chi connectivity index (χ0n) is 15.1. The molecule has 1 heterocycles. The summed E-state index contributed by atoms with van der Waals surface area (Å²) in [6.45, 7) is 1.98. The number of hydrogen-bond acceptors (Lipinski definition) is 3. The highest BCUT2D eigenvalue weighted by Crippen LogP contribution is 2.29. The molecule has 1 aliphatic rings. The Kier molecular flexibility index (Phi) is 6.51. The van der Waals surface area contributed by atoms with Crippen LogP contribution in [0.5, 0.6) is 5.75 Å². The summed E-state index contributed by atoms with van der Waals surface area (Å²) in [5, 5.41) is 0. The van der Waals surface area contributed by atoms with Gasteiger partial charge in [-0.05, 0) is 36.2 Å². The Hall–Kier alpha value is -2.19. The van der Waals surface area contributed by atoms with E-state index in [4.69, 9.17) is 14.2 Å². The van der Waals surface area contributed by atoms with Gasteiger partial charge in [0, 0.05) is 11.5 Å². The number of hydrogen-bond donors (Lipinski definition) is 0. The molecular weight excluding hydrogens is 383 g/mol. The third kappa shape index (κ3) is 4.62. The zero-order chi connectivity index (χ0) is 20.3. The van der Waals surface area contributed by atoms with Crippen LogP contribution in [0.4, 0.5) is 22.0 Å². The number of benzene rings is 2. The first-order valence-electron chi connectivity index (χ1n) is 8.87. The quantitative estimate of drug-likeness (QED) is 0.499. The van der Waals surface area contributed by atoms with Crippen molar-refractivity contribution in [2.45, 2.75) is 26.1 Å². The van der Waals surface area contributed by atoms with E-state index in [0.717, 1.165) is 18.6 Å². The highest BCUT2D eigenvalue weighted by atomic mass is 19.2. The maximum Gasteiger partial charge on any atom is 0.194 e. The van der Waals surface area contributed by atoms with Crippen molar-refractivity contribution in [2.75, 3.05) is 19.8 Å². The van der Waals surface area contributed by atoms with Gasteiger partial charge < -0.3 is 14.2 Å². The van der Waals surface area contributed by atoms with E-state index in [1.165, 1.54) is 12.1 Å². The normalized spacial score (nSPS) is 19.6. The van der Waals surface area contributed by atoms with Crippen molar-refractivity contribution in [1.29, 1.82) is 0 Å². The first-order chi connectivity index (χ1) is 13.4. The average Bonchev–Trinajstić information content (AvgIpc) is 2.66. The van der Waals surface area contributed by atoms with Gasteiger partial charge in [0.05, 0.1) is 19.8 Å². The molecule has 0 radical (unpaired) electrons. The minimum Gasteiger partial charge on any atom is -0.487 e. The van der Waals surface area contributed by atoms with Gasteiger partial charge in [0.25, 0.3) is 0 Å². The summed E-state index contributed by atoms with van der Waals surface area (Å²) in [4.78, 5) is 0. The summed E-state index contributed by atoms with van der Waals surface area (Å²) in [5.41, 5.74) is 0.551. The van der Waals surface area contributed by atoms with Crippen LogP contribution in [0.2, 0.25) is 0 Å². The molecule has 2 aromatic rings. The second kappa shape index (κ2) is 8.87. The van der Waals surface area contributed by atoms with Crippen LogP contribution in [0.25, 0.3) is 0 Å². The third-order valence-electron chi connectivity index (χ3n) is 4.31. The van der Waals surface area contributed by atoms with Gasteiger partial charge in [-0.15, -0.1) is 0 Å². The second-order valence-corrected chi connectivity index (χ2v) is 6.61. The number of halogens is 5. The first-order valence-corrected chi connectivity index (χ1v) is 8.87. The van der Waals surface area contributed by atoms with Gasteiger partial charge in [-0.25, -0.2) is 22.0 Å². The van der Waals surface area contributed by atoms with Crippen molar-refractivity contribution in [2.24, 2.45) is 5.92 Å². The van der Waals surface area contributed by atoms with Crippen LogP contribution in [0, 0.1) is 35.0 Å². The molecule has 0 atom stereocenters. The molecule has 0 aromatic heterocycles. The first kappa shape index (κ1) is 20.5. The Morgan fingerprint density at radius 2 is 1.46 bits per heavy atom. The van der Waals surface area contributed by atoms with Crippen LogP contribution in [0.1, 0.15) is 30.8 Å². The van der Waals surface area contributed by atoms with Gasteiger partial charge in [-0.2, -0.15) is 0 Å². The van der Waals surface area contributed by atoms with Crippen LogP contribution < -0.4 is 4.74 Å². The van der Waals surface area contributed by atoms with E-state index in [0.29, 0.717) is 12.0 Å². The van der Waals surface area contributed by atoms with E-state index < -0.39 is 41.1 Å². The van der Waals surface area contributed by atoms with Crippen LogP contribution in [0.3, 0.4) is 0 Å². The van der Waals surface area contributed by atoms with Gasteiger partial charge in [0.15, 0.2) is 41.1 Å². The van der Waals surface area contributed by atoms with E-state index in [1.54, 1.807) is 0 Å². The van der Waals surface area contributed by atoms with Crippen molar-refractivity contribution in [3.8, 4) is 5.75 Å². The zero-order valence-corrected chi connectivity index (χ0v) is 15.1. The Morgan fingerprint density at radius 1 is 0.893 bits per heavy atom. The molecule has 3 nitrogen and oxygen atoms in total. The lowest BCUT2D eigenvalue weighted by atomic mass is 10.1. The molecular formula is C20H19F5O3. The Labute approximate surface area is 159 Å². The molecule has 0 saturated carbocycles. The van der Waals surface area contributed by atoms with Crippen molar-refractivity contribution in [3.05, 3.63) is 64.5 Å². The molecule has 8 heteroatoms. The summed E-state index contributed by atoms with van der Waals surface area (Å²) in [6, 6.07) is 4.07. The predicted octanol–water partition coefficient (Wildman–Crippen LogP) is 5.08. The van der Waals surface area contributed by atoms with Crippen molar-refractivity contribution < 1.29 is 36.2 Å². The molecule has 0 amide bonds. The summed E-state index contributed by atoms with van der Waals surface area (Å²) in [7, 11) is 0. The fraction of sp³-hybridized carbons (Fsp3) is 0.400. The molecule has 3 rings (SSSR count). The summed E-state index contributed by atoms with van der Waals surface area (Å²) in [5.74, 6) is -6.63. The number of ether oxygens (including phenoxy) is 3. The van der Waals surface area contributed by atoms with Gasteiger partial charge in [-0.1, -0.05) is 13.3 Å². The van der Waals surface area contributed by atoms with Crippen molar-refractivity contribution in [1.82, 2.24) is 0 Å². The lowest BCUT2D eigenvalue weighted by Crippen LogP contribution is -2.31. The predicted molar refractivity (Wildman–Crippen MR) is 90.3 cm³/mol. The van der Waals surface area contributed by atoms with E-state index in [2.05, 4.69) is 0 Å². The second-order valence-electron chi connectivity index (χ2n) is 6.61. The minimum atomic E-state index is -1.57. The molecule has 1 aliphatic heterocycles. The highest BCUT2D eigenvalue weighted by Gasteiger charge is 2.27. The largest absolute Gasteiger partial charge is 0.487 e.